The van der Waals surface area contributed by atoms with E-state index in [9.17, 15) is 0 Å². The van der Waals surface area contributed by atoms with Gasteiger partial charge in [-0.05, 0) is 12.5 Å². The van der Waals surface area contributed by atoms with E-state index in [1.165, 1.54) is 11.1 Å². The number of benzene rings is 1. The minimum absolute atomic E-state index is 0.918. The molecule has 0 aliphatic heterocycles. The average Bonchev–Trinajstić information content (AvgIpc) is 2.04. The van der Waals surface area contributed by atoms with Crippen LogP contribution in [-0.2, 0) is 0 Å². The van der Waals surface area contributed by atoms with Crippen LogP contribution in [0.4, 0.5) is 0 Å². The minimum atomic E-state index is 0.918. The molecule has 1 heteroatoms. The Balaban J connectivity index is 2.73. The molecule has 1 aromatic rings. The molecule has 0 saturated heterocycles. The van der Waals surface area contributed by atoms with E-state index < -0.39 is 0 Å². The van der Waals surface area contributed by atoms with Gasteiger partial charge in [-0.25, -0.2) is 0 Å². The third-order valence-electron chi connectivity index (χ3n) is 1.48. The van der Waals surface area contributed by atoms with Crippen LogP contribution in [0.15, 0.2) is 30.3 Å². The van der Waals surface area contributed by atoms with Crippen LogP contribution in [-0.4, -0.2) is 5.33 Å². The van der Waals surface area contributed by atoms with Crippen molar-refractivity contribution < 1.29 is 0 Å². The molecular formula is C10H11Br. The quantitative estimate of drug-likeness (QED) is 0.657. The fourth-order valence-corrected chi connectivity index (χ4v) is 1.05. The van der Waals surface area contributed by atoms with Crippen molar-refractivity contribution in [2.45, 2.75) is 6.92 Å². The molecule has 0 N–H and O–H groups in total. The molecule has 0 aromatic heterocycles. The lowest BCUT2D eigenvalue weighted by Gasteiger charge is -1.92. The van der Waals surface area contributed by atoms with Crippen LogP contribution in [0.1, 0.15) is 11.1 Å². The van der Waals surface area contributed by atoms with Crippen molar-refractivity contribution in [3.8, 4) is 0 Å². The molecule has 0 spiro atoms. The van der Waals surface area contributed by atoms with E-state index in [4.69, 9.17) is 0 Å². The minimum Gasteiger partial charge on any atom is -0.0883 e. The Bertz CT molecular complexity index is 234. The number of alkyl halides is 1. The summed E-state index contributed by atoms with van der Waals surface area (Å²) in [6.07, 6.45) is 4.19. The van der Waals surface area contributed by atoms with E-state index in [0.717, 1.165) is 5.33 Å². The fraction of sp³-hybridized carbons (Fsp3) is 0.200. The van der Waals surface area contributed by atoms with Gasteiger partial charge in [0.15, 0.2) is 0 Å². The van der Waals surface area contributed by atoms with Crippen LogP contribution in [0.5, 0.6) is 0 Å². The Morgan fingerprint density at radius 2 is 1.91 bits per heavy atom. The van der Waals surface area contributed by atoms with Crippen molar-refractivity contribution in [2.24, 2.45) is 0 Å². The first-order chi connectivity index (χ1) is 5.33. The SMILES string of the molecule is Cc1ccc(/C=C\CBr)cc1. The first kappa shape index (κ1) is 8.54. The van der Waals surface area contributed by atoms with Crippen molar-refractivity contribution in [1.82, 2.24) is 0 Å². The predicted molar refractivity (Wildman–Crippen MR) is 54.0 cm³/mol. The lowest BCUT2D eigenvalue weighted by atomic mass is 10.1. The second kappa shape index (κ2) is 4.35. The summed E-state index contributed by atoms with van der Waals surface area (Å²) in [4.78, 5) is 0. The molecule has 0 aliphatic rings. The Labute approximate surface area is 76.1 Å². The largest absolute Gasteiger partial charge is 0.0883 e. The van der Waals surface area contributed by atoms with Crippen molar-refractivity contribution in [3.63, 3.8) is 0 Å². The van der Waals surface area contributed by atoms with Crippen LogP contribution < -0.4 is 0 Å². The summed E-state index contributed by atoms with van der Waals surface area (Å²) in [6.45, 7) is 2.10. The second-order valence-electron chi connectivity index (χ2n) is 2.47. The standard InChI is InChI=1S/C10H11Br/c1-9-4-6-10(7-5-9)3-2-8-11/h2-7H,8H2,1H3/b3-2-. The topological polar surface area (TPSA) is 0 Å². The summed E-state index contributed by atoms with van der Waals surface area (Å²) in [5.74, 6) is 0. The number of hydrogen-bond donors (Lipinski definition) is 0. The van der Waals surface area contributed by atoms with E-state index in [1.54, 1.807) is 0 Å². The zero-order valence-corrected chi connectivity index (χ0v) is 8.14. The number of halogens is 1. The van der Waals surface area contributed by atoms with E-state index >= 15 is 0 Å². The van der Waals surface area contributed by atoms with Crippen LogP contribution in [0.25, 0.3) is 6.08 Å². The summed E-state index contributed by atoms with van der Waals surface area (Å²) >= 11 is 3.33. The van der Waals surface area contributed by atoms with Gasteiger partial charge in [0.05, 0.1) is 0 Å². The average molecular weight is 211 g/mol. The lowest BCUT2D eigenvalue weighted by molar-refractivity contribution is 1.46. The normalized spacial score (nSPS) is 10.7. The van der Waals surface area contributed by atoms with Gasteiger partial charge in [0.2, 0.25) is 0 Å². The van der Waals surface area contributed by atoms with Crippen LogP contribution in [0, 0.1) is 6.92 Å². The van der Waals surface area contributed by atoms with Crippen molar-refractivity contribution in [3.05, 3.63) is 41.5 Å². The van der Waals surface area contributed by atoms with E-state index in [1.807, 2.05) is 0 Å². The van der Waals surface area contributed by atoms with Gasteiger partial charge in [0.1, 0.15) is 0 Å². The molecule has 0 saturated carbocycles. The monoisotopic (exact) mass is 210 g/mol. The second-order valence-corrected chi connectivity index (χ2v) is 3.11. The molecule has 0 nitrogen and oxygen atoms in total. The summed E-state index contributed by atoms with van der Waals surface area (Å²) in [7, 11) is 0. The summed E-state index contributed by atoms with van der Waals surface area (Å²) in [6, 6.07) is 8.48. The maximum atomic E-state index is 3.33. The molecule has 0 aliphatic carbocycles. The maximum Gasteiger partial charge on any atom is 0.0215 e. The molecule has 1 rings (SSSR count). The van der Waals surface area contributed by atoms with E-state index in [2.05, 4.69) is 59.3 Å². The summed E-state index contributed by atoms with van der Waals surface area (Å²) in [5, 5.41) is 0.918. The van der Waals surface area contributed by atoms with Crippen molar-refractivity contribution in [1.29, 1.82) is 0 Å². The van der Waals surface area contributed by atoms with Gasteiger partial charge in [0.25, 0.3) is 0 Å². The Morgan fingerprint density at radius 3 is 2.45 bits per heavy atom. The molecular weight excluding hydrogens is 200 g/mol. The third-order valence-corrected chi connectivity index (χ3v) is 1.85. The lowest BCUT2D eigenvalue weighted by Crippen LogP contribution is -1.73. The van der Waals surface area contributed by atoms with Gasteiger partial charge < -0.3 is 0 Å². The fourth-order valence-electron chi connectivity index (χ4n) is 0.858. The molecule has 0 bridgehead atoms. The Morgan fingerprint density at radius 1 is 1.27 bits per heavy atom. The Kier molecular flexibility index (Phi) is 3.37. The number of hydrogen-bond acceptors (Lipinski definition) is 0. The number of allylic oxidation sites excluding steroid dienone is 1. The molecule has 11 heavy (non-hydrogen) atoms. The van der Waals surface area contributed by atoms with Gasteiger partial charge in [-0.3, -0.25) is 0 Å². The highest BCUT2D eigenvalue weighted by Crippen LogP contribution is 2.04. The molecule has 0 unspecified atom stereocenters. The Hall–Kier alpha value is -0.560. The first-order valence-electron chi connectivity index (χ1n) is 3.62. The third kappa shape index (κ3) is 2.89. The molecule has 0 fully saturated rings. The van der Waals surface area contributed by atoms with Gasteiger partial charge >= 0.3 is 0 Å². The van der Waals surface area contributed by atoms with Gasteiger partial charge in [-0.1, -0.05) is 57.9 Å². The molecule has 0 amide bonds. The van der Waals surface area contributed by atoms with E-state index in [-0.39, 0.29) is 0 Å². The number of rotatable bonds is 2. The molecule has 0 atom stereocenters. The van der Waals surface area contributed by atoms with Crippen LogP contribution in [0.2, 0.25) is 0 Å². The highest BCUT2D eigenvalue weighted by atomic mass is 79.9. The molecule has 1 aromatic carbocycles. The highest BCUT2D eigenvalue weighted by Gasteiger charge is 1.84. The zero-order valence-electron chi connectivity index (χ0n) is 6.55. The summed E-state index contributed by atoms with van der Waals surface area (Å²) in [5.41, 5.74) is 2.57. The smallest absolute Gasteiger partial charge is 0.0215 e. The van der Waals surface area contributed by atoms with E-state index in [0.29, 0.717) is 0 Å². The maximum absolute atomic E-state index is 3.33. The predicted octanol–water partition coefficient (Wildman–Crippen LogP) is 3.40. The summed E-state index contributed by atoms with van der Waals surface area (Å²) < 4.78 is 0. The van der Waals surface area contributed by atoms with Gasteiger partial charge in [-0.2, -0.15) is 0 Å². The highest BCUT2D eigenvalue weighted by molar-refractivity contribution is 9.09. The molecule has 58 valence electrons. The van der Waals surface area contributed by atoms with Gasteiger partial charge in [0, 0.05) is 5.33 Å². The van der Waals surface area contributed by atoms with Crippen molar-refractivity contribution >= 4 is 22.0 Å². The van der Waals surface area contributed by atoms with Crippen LogP contribution in [0.3, 0.4) is 0 Å². The zero-order chi connectivity index (χ0) is 8.10. The van der Waals surface area contributed by atoms with Gasteiger partial charge in [-0.15, -0.1) is 0 Å². The molecule has 0 radical (unpaired) electrons. The number of aryl methyl sites for hydroxylation is 1. The van der Waals surface area contributed by atoms with Crippen LogP contribution >= 0.6 is 15.9 Å². The molecule has 0 heterocycles. The first-order valence-corrected chi connectivity index (χ1v) is 4.74. The van der Waals surface area contributed by atoms with Crippen molar-refractivity contribution in [2.75, 3.05) is 5.33 Å².